The molecule has 0 saturated carbocycles. The van der Waals surface area contributed by atoms with Gasteiger partial charge in [0.2, 0.25) is 0 Å². The highest BCUT2D eigenvalue weighted by Gasteiger charge is 1.86. The van der Waals surface area contributed by atoms with Crippen LogP contribution in [0.4, 0.5) is 0 Å². The topological polar surface area (TPSA) is 25.8 Å². The molecule has 0 saturated heterocycles. The van der Waals surface area contributed by atoms with E-state index >= 15 is 0 Å². The van der Waals surface area contributed by atoms with Crippen molar-refractivity contribution in [3.8, 4) is 0 Å². The summed E-state index contributed by atoms with van der Waals surface area (Å²) < 4.78 is 3.97. The lowest BCUT2D eigenvalue weighted by atomic mass is 10.5. The predicted molar refractivity (Wildman–Crippen MR) is 45.3 cm³/mol. The first kappa shape index (κ1) is 9.56. The molecule has 1 aromatic rings. The molecule has 0 aliphatic carbocycles. The predicted octanol–water partition coefficient (Wildman–Crippen LogP) is 2.52. The third kappa shape index (κ3) is 4.44. The summed E-state index contributed by atoms with van der Waals surface area (Å²) in [6.07, 6.45) is 2.20. The molecular weight excluding hydrogens is 144 g/mol. The molecule has 0 atom stereocenters. The molecule has 1 rings (SSSR count). The lowest BCUT2D eigenvalue weighted by Gasteiger charge is -1.75. The van der Waals surface area contributed by atoms with Gasteiger partial charge in [0.1, 0.15) is 11.3 Å². The lowest BCUT2D eigenvalue weighted by Crippen LogP contribution is -1.78. The summed E-state index contributed by atoms with van der Waals surface area (Å²) in [5.41, 5.74) is 1.75. The number of aromatic nitrogens is 2. The minimum Gasteiger partial charge on any atom is -0.228 e. The van der Waals surface area contributed by atoms with E-state index in [0.29, 0.717) is 0 Å². The smallest absolute Gasteiger partial charge is 0.141 e. The Balaban J connectivity index is 0.000000236. The van der Waals surface area contributed by atoms with E-state index in [9.17, 15) is 0 Å². The zero-order chi connectivity index (χ0) is 7.82. The van der Waals surface area contributed by atoms with Crippen LogP contribution in [-0.2, 0) is 6.42 Å². The molecular formula is C7H14N2S. The summed E-state index contributed by atoms with van der Waals surface area (Å²) in [6, 6.07) is 0. The maximum Gasteiger partial charge on any atom is 0.141 e. The standard InChI is InChI=1S/C4H6N2S.C3H8/c1-2-4-5-3-7-6-4;1-3-2/h3H,2H2,1H3;3H2,1-2H3. The zero-order valence-electron chi connectivity index (χ0n) is 6.79. The Morgan fingerprint density at radius 1 is 1.40 bits per heavy atom. The van der Waals surface area contributed by atoms with Crippen LogP contribution in [-0.4, -0.2) is 9.36 Å². The summed E-state index contributed by atoms with van der Waals surface area (Å²) in [5.74, 6) is 0.949. The summed E-state index contributed by atoms with van der Waals surface area (Å²) in [4.78, 5) is 3.94. The van der Waals surface area contributed by atoms with Gasteiger partial charge in [0, 0.05) is 6.42 Å². The van der Waals surface area contributed by atoms with E-state index in [4.69, 9.17) is 0 Å². The molecule has 0 bridgehead atoms. The fourth-order valence-electron chi connectivity index (χ4n) is 0.348. The fraction of sp³-hybridized carbons (Fsp3) is 0.714. The molecule has 1 aromatic heterocycles. The van der Waals surface area contributed by atoms with Crippen molar-refractivity contribution in [2.24, 2.45) is 0 Å². The second-order valence-electron chi connectivity index (χ2n) is 1.91. The molecule has 3 heteroatoms. The van der Waals surface area contributed by atoms with E-state index in [1.54, 1.807) is 5.51 Å². The van der Waals surface area contributed by atoms with Crippen LogP contribution < -0.4 is 0 Å². The van der Waals surface area contributed by atoms with E-state index < -0.39 is 0 Å². The summed E-state index contributed by atoms with van der Waals surface area (Å²) in [6.45, 7) is 6.29. The number of hydrogen-bond acceptors (Lipinski definition) is 3. The number of rotatable bonds is 1. The van der Waals surface area contributed by atoms with Gasteiger partial charge in [-0.25, -0.2) is 4.98 Å². The molecule has 0 aromatic carbocycles. The molecule has 0 fully saturated rings. The van der Waals surface area contributed by atoms with Crippen molar-refractivity contribution < 1.29 is 0 Å². The average Bonchev–Trinajstić information content (AvgIpc) is 2.39. The molecule has 0 aliphatic heterocycles. The van der Waals surface area contributed by atoms with Gasteiger partial charge in [-0.3, -0.25) is 0 Å². The van der Waals surface area contributed by atoms with Crippen LogP contribution in [0.2, 0.25) is 0 Å². The van der Waals surface area contributed by atoms with Crippen molar-refractivity contribution in [3.05, 3.63) is 11.3 Å². The Bertz CT molecular complexity index is 137. The van der Waals surface area contributed by atoms with Gasteiger partial charge in [-0.2, -0.15) is 4.37 Å². The van der Waals surface area contributed by atoms with Gasteiger partial charge >= 0.3 is 0 Å². The second-order valence-corrected chi connectivity index (χ2v) is 2.51. The number of hydrogen-bond donors (Lipinski definition) is 0. The molecule has 0 radical (unpaired) electrons. The van der Waals surface area contributed by atoms with Crippen molar-refractivity contribution in [2.75, 3.05) is 0 Å². The van der Waals surface area contributed by atoms with Gasteiger partial charge < -0.3 is 0 Å². The molecule has 0 amide bonds. The quantitative estimate of drug-likeness (QED) is 0.627. The highest BCUT2D eigenvalue weighted by Crippen LogP contribution is 1.92. The van der Waals surface area contributed by atoms with Crippen molar-refractivity contribution in [3.63, 3.8) is 0 Å². The first-order valence-electron chi connectivity index (χ1n) is 3.60. The highest BCUT2D eigenvalue weighted by molar-refractivity contribution is 7.03. The van der Waals surface area contributed by atoms with Crippen LogP contribution in [0.5, 0.6) is 0 Å². The largest absolute Gasteiger partial charge is 0.228 e. The van der Waals surface area contributed by atoms with Crippen LogP contribution in [0.3, 0.4) is 0 Å². The van der Waals surface area contributed by atoms with E-state index in [0.717, 1.165) is 12.2 Å². The van der Waals surface area contributed by atoms with Gasteiger partial charge in [-0.15, -0.1) is 0 Å². The van der Waals surface area contributed by atoms with Gasteiger partial charge in [-0.05, 0) is 11.5 Å². The van der Waals surface area contributed by atoms with Crippen LogP contribution >= 0.6 is 11.5 Å². The monoisotopic (exact) mass is 158 g/mol. The van der Waals surface area contributed by atoms with Crippen molar-refractivity contribution in [2.45, 2.75) is 33.6 Å². The van der Waals surface area contributed by atoms with Crippen molar-refractivity contribution in [1.82, 2.24) is 9.36 Å². The van der Waals surface area contributed by atoms with Gasteiger partial charge in [0.15, 0.2) is 0 Å². The molecule has 0 unspecified atom stereocenters. The second kappa shape index (κ2) is 6.68. The minimum absolute atomic E-state index is 0.948. The molecule has 0 N–H and O–H groups in total. The molecule has 1 heterocycles. The molecule has 2 nitrogen and oxygen atoms in total. The molecule has 0 spiro atoms. The Hall–Kier alpha value is -0.440. The first-order chi connectivity index (χ1) is 4.85. The maximum absolute atomic E-state index is 3.97. The lowest BCUT2D eigenvalue weighted by molar-refractivity contribution is 0.999. The van der Waals surface area contributed by atoms with E-state index in [2.05, 4.69) is 23.2 Å². The molecule has 0 aliphatic rings. The average molecular weight is 158 g/mol. The minimum atomic E-state index is 0.948. The molecule has 58 valence electrons. The number of nitrogens with zero attached hydrogens (tertiary/aromatic N) is 2. The van der Waals surface area contributed by atoms with Gasteiger partial charge in [-0.1, -0.05) is 27.2 Å². The first-order valence-corrected chi connectivity index (χ1v) is 4.44. The normalized spacial score (nSPS) is 8.30. The van der Waals surface area contributed by atoms with Gasteiger partial charge in [0.25, 0.3) is 0 Å². The van der Waals surface area contributed by atoms with Crippen molar-refractivity contribution in [1.29, 1.82) is 0 Å². The third-order valence-electron chi connectivity index (χ3n) is 0.723. The highest BCUT2D eigenvalue weighted by atomic mass is 32.1. The third-order valence-corrected chi connectivity index (χ3v) is 1.24. The van der Waals surface area contributed by atoms with E-state index in [1.807, 2.05) is 6.92 Å². The van der Waals surface area contributed by atoms with E-state index in [1.165, 1.54) is 18.0 Å². The van der Waals surface area contributed by atoms with Crippen LogP contribution in [0, 0.1) is 0 Å². The van der Waals surface area contributed by atoms with Gasteiger partial charge in [0.05, 0.1) is 0 Å². The Labute approximate surface area is 66.5 Å². The maximum atomic E-state index is 3.97. The Kier molecular flexibility index (Phi) is 6.38. The SMILES string of the molecule is CCC.CCc1ncsn1. The van der Waals surface area contributed by atoms with Crippen molar-refractivity contribution >= 4 is 11.5 Å². The molecule has 10 heavy (non-hydrogen) atoms. The Morgan fingerprint density at radius 2 is 2.00 bits per heavy atom. The summed E-state index contributed by atoms with van der Waals surface area (Å²) in [7, 11) is 0. The summed E-state index contributed by atoms with van der Waals surface area (Å²) >= 11 is 1.40. The van der Waals surface area contributed by atoms with Crippen LogP contribution in [0.15, 0.2) is 5.51 Å². The summed E-state index contributed by atoms with van der Waals surface area (Å²) in [5, 5.41) is 0. The van der Waals surface area contributed by atoms with Crippen LogP contribution in [0.1, 0.15) is 33.0 Å². The fourth-order valence-corrected chi connectivity index (χ4v) is 0.862. The Morgan fingerprint density at radius 3 is 2.20 bits per heavy atom. The van der Waals surface area contributed by atoms with Crippen LogP contribution in [0.25, 0.3) is 0 Å². The van der Waals surface area contributed by atoms with E-state index in [-0.39, 0.29) is 0 Å². The number of aryl methyl sites for hydroxylation is 1. The zero-order valence-corrected chi connectivity index (χ0v) is 7.61.